The lowest BCUT2D eigenvalue weighted by Crippen LogP contribution is -2.15. The number of para-hydroxylation sites is 1. The van der Waals surface area contributed by atoms with Crippen LogP contribution in [0, 0.1) is 17.2 Å². The molecule has 3 aromatic carbocycles. The molecule has 28 heavy (non-hydrogen) atoms. The van der Waals surface area contributed by atoms with Crippen LogP contribution in [0.4, 0.5) is 5.69 Å². The molecule has 0 spiro atoms. The lowest BCUT2D eigenvalue weighted by Gasteiger charge is -2.11. The van der Waals surface area contributed by atoms with Crippen molar-refractivity contribution in [2.45, 2.75) is 0 Å². The normalized spacial score (nSPS) is 12.1. The minimum Gasteiger partial charge on any atom is -0.282 e. The summed E-state index contributed by atoms with van der Waals surface area (Å²) in [4.78, 5) is 9.51. The van der Waals surface area contributed by atoms with Crippen LogP contribution >= 0.6 is 11.8 Å². The average molecular weight is 384 g/mol. The molecule has 0 radical (unpaired) electrons. The van der Waals surface area contributed by atoms with E-state index in [1.54, 1.807) is 0 Å². The molecule has 1 unspecified atom stereocenters. The molecule has 0 heterocycles. The van der Waals surface area contributed by atoms with Crippen molar-refractivity contribution in [1.29, 1.82) is 5.26 Å². The summed E-state index contributed by atoms with van der Waals surface area (Å²) < 4.78 is 0. The summed E-state index contributed by atoms with van der Waals surface area (Å²) in [6.07, 6.45) is 1.95. The molecule has 3 rings (SSSR count). The molecule has 1 atom stereocenters. The Hall–Kier alpha value is -3.16. The summed E-state index contributed by atoms with van der Waals surface area (Å²) in [5.74, 6) is -0.391. The number of hydrogen-bond donors (Lipinski definition) is 0. The number of aliphatic imine (C=N–C) groups is 2. The van der Waals surface area contributed by atoms with Crippen LogP contribution in [0.15, 0.2) is 101 Å². The smallest absolute Gasteiger partial charge is 0.114 e. The van der Waals surface area contributed by atoms with Gasteiger partial charge in [0.1, 0.15) is 5.92 Å². The van der Waals surface area contributed by atoms with Crippen molar-refractivity contribution >= 4 is 28.2 Å². The maximum atomic E-state index is 9.75. The Balaban J connectivity index is 1.92. The molecule has 138 valence electrons. The zero-order chi connectivity index (χ0) is 19.6. The van der Waals surface area contributed by atoms with E-state index in [1.165, 1.54) is 11.8 Å². The second-order valence-corrected chi connectivity index (χ2v) is 6.92. The van der Waals surface area contributed by atoms with E-state index in [-0.39, 0.29) is 0 Å². The topological polar surface area (TPSA) is 48.5 Å². The third kappa shape index (κ3) is 5.18. The molecule has 0 saturated carbocycles. The highest BCUT2D eigenvalue weighted by Gasteiger charge is 2.16. The average Bonchev–Trinajstić information content (AvgIpc) is 2.77. The first-order valence-electron chi connectivity index (χ1n) is 9.04. The maximum Gasteiger partial charge on any atom is 0.114 e. The van der Waals surface area contributed by atoms with Crippen LogP contribution in [-0.2, 0) is 0 Å². The van der Waals surface area contributed by atoms with E-state index in [2.05, 4.69) is 11.1 Å². The largest absolute Gasteiger partial charge is 0.282 e. The number of nitrogens with zero attached hydrogens (tertiary/aromatic N) is 3. The van der Waals surface area contributed by atoms with Crippen molar-refractivity contribution < 1.29 is 0 Å². The van der Waals surface area contributed by atoms with Crippen LogP contribution in [0.2, 0.25) is 0 Å². The zero-order valence-corrected chi connectivity index (χ0v) is 16.5. The highest BCUT2D eigenvalue weighted by molar-refractivity contribution is 8.13. The minimum absolute atomic E-state index is 0.363. The monoisotopic (exact) mass is 383 g/mol. The van der Waals surface area contributed by atoms with E-state index in [4.69, 9.17) is 4.99 Å². The number of hydrogen-bond acceptors (Lipinski definition) is 4. The quantitative estimate of drug-likeness (QED) is 0.401. The maximum absolute atomic E-state index is 9.75. The summed E-state index contributed by atoms with van der Waals surface area (Å²) in [5.41, 5.74) is 3.82. The molecule has 3 aromatic rings. The molecular formula is C24H21N3S. The second-order valence-electron chi connectivity index (χ2n) is 6.09. The Bertz CT molecular complexity index is 933. The van der Waals surface area contributed by atoms with Crippen LogP contribution in [0.3, 0.4) is 0 Å². The molecule has 0 aliphatic heterocycles. The number of nitriles is 1. The Morgan fingerprint density at radius 1 is 0.857 bits per heavy atom. The van der Waals surface area contributed by atoms with Gasteiger partial charge in [-0.15, -0.1) is 11.8 Å². The molecule has 0 aromatic heterocycles. The summed E-state index contributed by atoms with van der Waals surface area (Å²) in [5, 5.41) is 10.5. The van der Waals surface area contributed by atoms with Crippen molar-refractivity contribution in [2.24, 2.45) is 15.9 Å². The van der Waals surface area contributed by atoms with Gasteiger partial charge in [0.2, 0.25) is 0 Å². The van der Waals surface area contributed by atoms with Gasteiger partial charge in [-0.2, -0.15) is 5.26 Å². The van der Waals surface area contributed by atoms with Gasteiger partial charge in [-0.25, -0.2) is 4.99 Å². The van der Waals surface area contributed by atoms with Gasteiger partial charge in [-0.3, -0.25) is 4.99 Å². The molecule has 0 aliphatic carbocycles. The van der Waals surface area contributed by atoms with Gasteiger partial charge < -0.3 is 0 Å². The third-order valence-electron chi connectivity index (χ3n) is 4.18. The Morgan fingerprint density at radius 3 is 1.82 bits per heavy atom. The molecular weight excluding hydrogens is 362 g/mol. The lowest BCUT2D eigenvalue weighted by molar-refractivity contribution is 0.889. The zero-order valence-electron chi connectivity index (χ0n) is 15.7. The lowest BCUT2D eigenvalue weighted by atomic mass is 10.0. The van der Waals surface area contributed by atoms with E-state index >= 15 is 0 Å². The fraction of sp³-hybridized carbons (Fsp3) is 0.125. The molecule has 0 saturated heterocycles. The van der Waals surface area contributed by atoms with Crippen LogP contribution in [0.1, 0.15) is 11.1 Å². The fourth-order valence-electron chi connectivity index (χ4n) is 2.79. The number of thioether (sulfide) groups is 1. The van der Waals surface area contributed by atoms with Gasteiger partial charge in [-0.05, 0) is 18.4 Å². The molecule has 0 fully saturated rings. The van der Waals surface area contributed by atoms with Gasteiger partial charge in [0.05, 0.1) is 29.1 Å². The van der Waals surface area contributed by atoms with Crippen LogP contribution in [-0.4, -0.2) is 23.6 Å². The Labute approximate surface area is 170 Å². The van der Waals surface area contributed by atoms with Crippen LogP contribution < -0.4 is 0 Å². The van der Waals surface area contributed by atoms with E-state index in [0.29, 0.717) is 6.54 Å². The van der Waals surface area contributed by atoms with E-state index in [9.17, 15) is 5.26 Å². The van der Waals surface area contributed by atoms with Gasteiger partial charge in [0, 0.05) is 11.1 Å². The van der Waals surface area contributed by atoms with Crippen molar-refractivity contribution in [3.8, 4) is 6.07 Å². The minimum atomic E-state index is -0.391. The summed E-state index contributed by atoms with van der Waals surface area (Å²) >= 11 is 1.50. The molecule has 0 amide bonds. The SMILES string of the molecule is CSC(=Nc1ccccc1)C(C#N)CN=C(c1ccccc1)c1ccccc1. The van der Waals surface area contributed by atoms with Gasteiger partial charge in [0.25, 0.3) is 0 Å². The van der Waals surface area contributed by atoms with Crippen molar-refractivity contribution in [1.82, 2.24) is 0 Å². The first-order chi connectivity index (χ1) is 13.8. The van der Waals surface area contributed by atoms with E-state index in [0.717, 1.165) is 27.6 Å². The summed E-state index contributed by atoms with van der Waals surface area (Å²) in [7, 11) is 0. The highest BCUT2D eigenvalue weighted by atomic mass is 32.2. The van der Waals surface area contributed by atoms with Gasteiger partial charge in [-0.1, -0.05) is 78.9 Å². The summed E-state index contributed by atoms with van der Waals surface area (Å²) in [6.45, 7) is 0.363. The Kier molecular flexibility index (Phi) is 7.17. The van der Waals surface area contributed by atoms with Gasteiger partial charge >= 0.3 is 0 Å². The molecule has 3 nitrogen and oxygen atoms in total. The van der Waals surface area contributed by atoms with E-state index < -0.39 is 5.92 Å². The first-order valence-corrected chi connectivity index (χ1v) is 10.3. The molecule has 0 N–H and O–H groups in total. The van der Waals surface area contributed by atoms with Crippen LogP contribution in [0.5, 0.6) is 0 Å². The van der Waals surface area contributed by atoms with Crippen molar-refractivity contribution in [3.05, 3.63) is 102 Å². The van der Waals surface area contributed by atoms with Gasteiger partial charge in [0.15, 0.2) is 0 Å². The molecule has 0 bridgehead atoms. The third-order valence-corrected chi connectivity index (χ3v) is 4.98. The second kappa shape index (κ2) is 10.2. The van der Waals surface area contributed by atoms with Crippen molar-refractivity contribution in [3.63, 3.8) is 0 Å². The fourth-order valence-corrected chi connectivity index (χ4v) is 3.40. The van der Waals surface area contributed by atoms with Crippen molar-refractivity contribution in [2.75, 3.05) is 12.8 Å². The predicted molar refractivity (Wildman–Crippen MR) is 120 cm³/mol. The molecule has 4 heteroatoms. The van der Waals surface area contributed by atoms with Crippen LogP contribution in [0.25, 0.3) is 0 Å². The predicted octanol–water partition coefficient (Wildman–Crippen LogP) is 5.76. The Morgan fingerprint density at radius 2 is 1.36 bits per heavy atom. The standard InChI is InChI=1S/C24H21N3S/c1-28-24(27-22-15-9-4-10-16-22)21(17-25)18-26-23(19-11-5-2-6-12-19)20-13-7-3-8-14-20/h2-16,21H,18H2,1H3. The highest BCUT2D eigenvalue weighted by Crippen LogP contribution is 2.19. The number of benzene rings is 3. The van der Waals surface area contributed by atoms with E-state index in [1.807, 2.05) is 97.3 Å². The molecule has 0 aliphatic rings. The number of rotatable bonds is 6. The summed E-state index contributed by atoms with van der Waals surface area (Å²) in [6, 6.07) is 32.2. The first kappa shape index (κ1) is 19.6.